The molecule has 4 heteroatoms. The summed E-state index contributed by atoms with van der Waals surface area (Å²) in [6.07, 6.45) is -4.50. The lowest BCUT2D eigenvalue weighted by atomic mass is 10.0. The monoisotopic (exact) mass is 232 g/mol. The molecule has 0 saturated heterocycles. The highest BCUT2D eigenvalue weighted by Crippen LogP contribution is 2.31. The van der Waals surface area contributed by atoms with Crippen LogP contribution in [-0.4, -0.2) is 0 Å². The van der Waals surface area contributed by atoms with Gasteiger partial charge in [0.15, 0.2) is 0 Å². The van der Waals surface area contributed by atoms with Crippen molar-refractivity contribution in [3.05, 3.63) is 40.7 Å². The molecule has 0 aromatic heterocycles. The number of hydrogen-bond acceptors (Lipinski definition) is 0. The van der Waals surface area contributed by atoms with Crippen molar-refractivity contribution in [2.75, 3.05) is 0 Å². The van der Waals surface area contributed by atoms with E-state index in [-0.39, 0.29) is 5.56 Å². The van der Waals surface area contributed by atoms with Crippen LogP contribution in [0.1, 0.15) is 31.9 Å². The maximum Gasteiger partial charge on any atom is 0.416 e. The highest BCUT2D eigenvalue weighted by atomic mass is 19.4. The predicted octanol–water partition coefficient (Wildman–Crippen LogP) is 4.66. The topological polar surface area (TPSA) is 0 Å². The normalized spacial score (nSPS) is 11.4. The van der Waals surface area contributed by atoms with Crippen molar-refractivity contribution in [1.82, 2.24) is 0 Å². The summed E-state index contributed by atoms with van der Waals surface area (Å²) >= 11 is 0. The number of benzene rings is 1. The maximum atomic E-state index is 13.5. The summed E-state index contributed by atoms with van der Waals surface area (Å²) in [4.78, 5) is 0. The summed E-state index contributed by atoms with van der Waals surface area (Å²) in [6.45, 7) is 5.25. The second-order valence-electron chi connectivity index (χ2n) is 3.82. The van der Waals surface area contributed by atoms with Gasteiger partial charge in [-0.05, 0) is 38.5 Å². The fraction of sp³-hybridized carbons (Fsp3) is 0.333. The Morgan fingerprint density at radius 1 is 1.06 bits per heavy atom. The van der Waals surface area contributed by atoms with Crippen LogP contribution >= 0.6 is 0 Å². The molecule has 1 aromatic carbocycles. The van der Waals surface area contributed by atoms with Crippen LogP contribution in [0.15, 0.2) is 23.8 Å². The number of allylic oxidation sites excluding steroid dienone is 2. The molecule has 0 aliphatic heterocycles. The molecular weight excluding hydrogens is 220 g/mol. The van der Waals surface area contributed by atoms with E-state index in [0.29, 0.717) is 11.6 Å². The Kier molecular flexibility index (Phi) is 3.41. The van der Waals surface area contributed by atoms with Gasteiger partial charge in [0.2, 0.25) is 0 Å². The lowest BCUT2D eigenvalue weighted by Crippen LogP contribution is -2.06. The first-order chi connectivity index (χ1) is 7.23. The van der Waals surface area contributed by atoms with E-state index in [1.54, 1.807) is 20.8 Å². The molecule has 0 heterocycles. The summed E-state index contributed by atoms with van der Waals surface area (Å²) < 4.78 is 50.3. The van der Waals surface area contributed by atoms with Crippen molar-refractivity contribution < 1.29 is 17.6 Å². The van der Waals surface area contributed by atoms with E-state index in [1.807, 2.05) is 0 Å². The molecular formula is C12H12F4. The molecule has 1 rings (SSSR count). The third-order valence-corrected chi connectivity index (χ3v) is 2.45. The zero-order valence-electron chi connectivity index (χ0n) is 9.24. The first kappa shape index (κ1) is 12.7. The number of alkyl halides is 3. The molecule has 0 N–H and O–H groups in total. The smallest absolute Gasteiger partial charge is 0.206 e. The second kappa shape index (κ2) is 4.28. The molecule has 0 amide bonds. The van der Waals surface area contributed by atoms with Gasteiger partial charge < -0.3 is 0 Å². The molecule has 0 spiro atoms. The predicted molar refractivity (Wildman–Crippen MR) is 55.3 cm³/mol. The van der Waals surface area contributed by atoms with E-state index in [4.69, 9.17) is 0 Å². The van der Waals surface area contributed by atoms with Gasteiger partial charge in [-0.2, -0.15) is 13.2 Å². The summed E-state index contributed by atoms with van der Waals surface area (Å²) in [6, 6.07) is 2.59. The van der Waals surface area contributed by atoms with Crippen LogP contribution in [0.2, 0.25) is 0 Å². The molecule has 0 aliphatic rings. The van der Waals surface area contributed by atoms with Gasteiger partial charge in [-0.1, -0.05) is 11.6 Å². The van der Waals surface area contributed by atoms with Crippen molar-refractivity contribution in [1.29, 1.82) is 0 Å². The number of hydrogen-bond donors (Lipinski definition) is 0. The van der Waals surface area contributed by atoms with Crippen LogP contribution in [0.3, 0.4) is 0 Å². The molecule has 0 bridgehead atoms. The van der Waals surface area contributed by atoms with Gasteiger partial charge in [0, 0.05) is 5.56 Å². The van der Waals surface area contributed by atoms with E-state index < -0.39 is 17.6 Å². The summed E-state index contributed by atoms with van der Waals surface area (Å²) in [5.41, 5.74) is 0.785. The van der Waals surface area contributed by atoms with Gasteiger partial charge in [0.05, 0.1) is 5.56 Å². The zero-order valence-corrected chi connectivity index (χ0v) is 9.24. The Hall–Kier alpha value is -1.32. The SMILES string of the molecule is CC(C)=C(C)c1ccc(C(F)(F)F)cc1F. The summed E-state index contributed by atoms with van der Waals surface area (Å²) in [5.74, 6) is -0.839. The van der Waals surface area contributed by atoms with Crippen molar-refractivity contribution in [3.8, 4) is 0 Å². The van der Waals surface area contributed by atoms with Crippen molar-refractivity contribution in [2.45, 2.75) is 26.9 Å². The molecule has 0 radical (unpaired) electrons. The van der Waals surface area contributed by atoms with Crippen LogP contribution in [0.4, 0.5) is 17.6 Å². The Morgan fingerprint density at radius 3 is 2.00 bits per heavy atom. The molecule has 0 unspecified atom stereocenters. The third-order valence-electron chi connectivity index (χ3n) is 2.45. The lowest BCUT2D eigenvalue weighted by Gasteiger charge is -2.10. The van der Waals surface area contributed by atoms with E-state index >= 15 is 0 Å². The molecule has 0 fully saturated rings. The maximum absolute atomic E-state index is 13.5. The minimum Gasteiger partial charge on any atom is -0.206 e. The van der Waals surface area contributed by atoms with Crippen LogP contribution in [0.25, 0.3) is 5.57 Å². The Balaban J connectivity index is 3.26. The molecule has 0 nitrogen and oxygen atoms in total. The summed E-state index contributed by atoms with van der Waals surface area (Å²) in [5, 5.41) is 0. The summed E-state index contributed by atoms with van der Waals surface area (Å²) in [7, 11) is 0. The fourth-order valence-electron chi connectivity index (χ4n) is 1.26. The largest absolute Gasteiger partial charge is 0.416 e. The molecule has 0 aliphatic carbocycles. The molecule has 16 heavy (non-hydrogen) atoms. The highest BCUT2D eigenvalue weighted by Gasteiger charge is 2.31. The van der Waals surface area contributed by atoms with Crippen LogP contribution in [-0.2, 0) is 6.18 Å². The quantitative estimate of drug-likeness (QED) is 0.618. The Bertz CT molecular complexity index is 423. The van der Waals surface area contributed by atoms with Crippen molar-refractivity contribution >= 4 is 5.57 Å². The standard InChI is InChI=1S/C12H12F4/c1-7(2)8(3)10-5-4-9(6-11(10)13)12(14,15)16/h4-6H,1-3H3. The molecule has 0 atom stereocenters. The van der Waals surface area contributed by atoms with Crippen LogP contribution in [0, 0.1) is 5.82 Å². The van der Waals surface area contributed by atoms with Crippen molar-refractivity contribution in [2.24, 2.45) is 0 Å². The van der Waals surface area contributed by atoms with Gasteiger partial charge in [0.25, 0.3) is 0 Å². The average Bonchev–Trinajstić information content (AvgIpc) is 2.15. The molecule has 88 valence electrons. The van der Waals surface area contributed by atoms with E-state index in [1.165, 1.54) is 6.07 Å². The Morgan fingerprint density at radius 2 is 1.62 bits per heavy atom. The lowest BCUT2D eigenvalue weighted by molar-refractivity contribution is -0.137. The molecule has 1 aromatic rings. The average molecular weight is 232 g/mol. The minimum absolute atomic E-state index is 0.216. The first-order valence-electron chi connectivity index (χ1n) is 4.74. The second-order valence-corrected chi connectivity index (χ2v) is 3.82. The number of rotatable bonds is 1. The minimum atomic E-state index is -4.50. The van der Waals surface area contributed by atoms with E-state index in [2.05, 4.69) is 0 Å². The van der Waals surface area contributed by atoms with E-state index in [0.717, 1.165) is 11.6 Å². The zero-order chi connectivity index (χ0) is 12.5. The van der Waals surface area contributed by atoms with Crippen LogP contribution in [0.5, 0.6) is 0 Å². The highest BCUT2D eigenvalue weighted by molar-refractivity contribution is 5.66. The van der Waals surface area contributed by atoms with Gasteiger partial charge in [-0.25, -0.2) is 4.39 Å². The first-order valence-corrected chi connectivity index (χ1v) is 4.74. The number of halogens is 4. The van der Waals surface area contributed by atoms with E-state index in [9.17, 15) is 17.6 Å². The van der Waals surface area contributed by atoms with Crippen molar-refractivity contribution in [3.63, 3.8) is 0 Å². The third kappa shape index (κ3) is 2.62. The van der Waals surface area contributed by atoms with Gasteiger partial charge in [-0.3, -0.25) is 0 Å². The fourth-order valence-corrected chi connectivity index (χ4v) is 1.26. The van der Waals surface area contributed by atoms with Gasteiger partial charge in [-0.15, -0.1) is 0 Å². The Labute approximate surface area is 91.6 Å². The van der Waals surface area contributed by atoms with Gasteiger partial charge >= 0.3 is 6.18 Å². The molecule has 0 saturated carbocycles. The van der Waals surface area contributed by atoms with Crippen LogP contribution < -0.4 is 0 Å². The van der Waals surface area contributed by atoms with Gasteiger partial charge in [0.1, 0.15) is 5.82 Å².